The lowest BCUT2D eigenvalue weighted by atomic mass is 9.88. The molecule has 2 fully saturated rings. The summed E-state index contributed by atoms with van der Waals surface area (Å²) < 4.78 is 21.7. The van der Waals surface area contributed by atoms with Crippen LogP contribution in [-0.2, 0) is 11.2 Å². The predicted octanol–water partition coefficient (Wildman–Crippen LogP) is 3.55. The molecule has 0 spiro atoms. The molecule has 4 heterocycles. The van der Waals surface area contributed by atoms with Crippen molar-refractivity contribution in [2.75, 3.05) is 26.2 Å². The number of fused-ring (bicyclic) bond motifs is 1. The molecule has 0 aliphatic carbocycles. The zero-order valence-electron chi connectivity index (χ0n) is 19.5. The number of hydrogen-bond donors (Lipinski definition) is 0. The molecule has 1 amide bonds. The molecule has 5 rings (SSSR count). The van der Waals surface area contributed by atoms with Crippen molar-refractivity contribution in [3.05, 3.63) is 35.6 Å². The molecular weight excluding hydrogens is 423 g/mol. The quantitative estimate of drug-likeness (QED) is 0.600. The van der Waals surface area contributed by atoms with E-state index < -0.39 is 0 Å². The molecule has 9 heteroatoms. The summed E-state index contributed by atoms with van der Waals surface area (Å²) >= 11 is 0. The highest BCUT2D eigenvalue weighted by molar-refractivity contribution is 5.83. The van der Waals surface area contributed by atoms with E-state index in [1.165, 1.54) is 10.7 Å². The Kier molecular flexibility index (Phi) is 5.90. The SMILES string of the molecule is CCc1nn(-c2noc(C3CCN(C4CCN(C(C)=O)CC4C)CC3)n2)c2c(F)cccc12. The second kappa shape index (κ2) is 8.85. The van der Waals surface area contributed by atoms with Crippen LogP contribution in [0, 0.1) is 11.7 Å². The maximum absolute atomic E-state index is 14.6. The van der Waals surface area contributed by atoms with Crippen molar-refractivity contribution in [1.82, 2.24) is 29.7 Å². The third-order valence-corrected chi connectivity index (χ3v) is 7.34. The van der Waals surface area contributed by atoms with Gasteiger partial charge in [0, 0.05) is 37.4 Å². The van der Waals surface area contributed by atoms with E-state index in [2.05, 4.69) is 27.1 Å². The lowest BCUT2D eigenvalue weighted by molar-refractivity contribution is -0.131. The van der Waals surface area contributed by atoms with Crippen molar-refractivity contribution >= 4 is 16.8 Å². The molecule has 0 N–H and O–H groups in total. The lowest BCUT2D eigenvalue weighted by Gasteiger charge is -2.44. The molecule has 8 nitrogen and oxygen atoms in total. The molecule has 0 radical (unpaired) electrons. The number of carbonyl (C=O) groups is 1. The van der Waals surface area contributed by atoms with Crippen molar-refractivity contribution < 1.29 is 13.7 Å². The number of hydrogen-bond acceptors (Lipinski definition) is 6. The van der Waals surface area contributed by atoms with Gasteiger partial charge in [-0.3, -0.25) is 9.69 Å². The van der Waals surface area contributed by atoms with Crippen LogP contribution in [-0.4, -0.2) is 67.8 Å². The Labute approximate surface area is 192 Å². The summed E-state index contributed by atoms with van der Waals surface area (Å²) in [5.41, 5.74) is 1.21. The predicted molar refractivity (Wildman–Crippen MR) is 122 cm³/mol. The van der Waals surface area contributed by atoms with Gasteiger partial charge in [-0.1, -0.05) is 26.0 Å². The molecule has 2 unspecified atom stereocenters. The van der Waals surface area contributed by atoms with Crippen LogP contribution >= 0.6 is 0 Å². The maximum atomic E-state index is 14.6. The van der Waals surface area contributed by atoms with E-state index >= 15 is 0 Å². The van der Waals surface area contributed by atoms with Crippen molar-refractivity contribution in [3.8, 4) is 5.95 Å². The molecule has 33 heavy (non-hydrogen) atoms. The number of piperidine rings is 2. The molecule has 0 bridgehead atoms. The molecular formula is C24H31FN6O2. The molecule has 2 aliphatic rings. The van der Waals surface area contributed by atoms with Crippen LogP contribution in [0.5, 0.6) is 0 Å². The topological polar surface area (TPSA) is 80.3 Å². The average molecular weight is 455 g/mol. The van der Waals surface area contributed by atoms with Gasteiger partial charge in [-0.15, -0.1) is 0 Å². The minimum Gasteiger partial charge on any atom is -0.343 e. The first-order valence-corrected chi connectivity index (χ1v) is 12.0. The molecule has 176 valence electrons. The molecule has 2 aromatic heterocycles. The fourth-order valence-electron chi connectivity index (χ4n) is 5.51. The van der Waals surface area contributed by atoms with Crippen LogP contribution in [0.4, 0.5) is 4.39 Å². The third-order valence-electron chi connectivity index (χ3n) is 7.34. The summed E-state index contributed by atoms with van der Waals surface area (Å²) in [6.07, 6.45) is 3.60. The molecule has 1 aromatic carbocycles. The lowest BCUT2D eigenvalue weighted by Crippen LogP contribution is -2.52. The minimum absolute atomic E-state index is 0.169. The maximum Gasteiger partial charge on any atom is 0.291 e. The summed E-state index contributed by atoms with van der Waals surface area (Å²) in [7, 11) is 0. The number of rotatable bonds is 4. The van der Waals surface area contributed by atoms with E-state index in [1.54, 1.807) is 13.0 Å². The van der Waals surface area contributed by atoms with E-state index in [0.717, 1.165) is 56.5 Å². The molecule has 2 aliphatic heterocycles. The molecule has 3 aromatic rings. The Hall–Kier alpha value is -2.81. The second-order valence-electron chi connectivity index (χ2n) is 9.39. The Morgan fingerprint density at radius 2 is 2.00 bits per heavy atom. The van der Waals surface area contributed by atoms with Gasteiger partial charge in [-0.05, 0) is 55.9 Å². The van der Waals surface area contributed by atoms with Crippen LogP contribution in [0.25, 0.3) is 16.9 Å². The van der Waals surface area contributed by atoms with Crippen molar-refractivity contribution in [2.45, 2.75) is 58.4 Å². The Balaban J connectivity index is 1.28. The first-order valence-electron chi connectivity index (χ1n) is 12.0. The van der Waals surface area contributed by atoms with Crippen LogP contribution < -0.4 is 0 Å². The van der Waals surface area contributed by atoms with E-state index in [-0.39, 0.29) is 23.6 Å². The minimum atomic E-state index is -0.343. The number of benzene rings is 1. The second-order valence-corrected chi connectivity index (χ2v) is 9.39. The van der Waals surface area contributed by atoms with Gasteiger partial charge in [0.15, 0.2) is 0 Å². The van der Waals surface area contributed by atoms with Gasteiger partial charge in [0.25, 0.3) is 5.95 Å². The van der Waals surface area contributed by atoms with Crippen molar-refractivity contribution in [1.29, 1.82) is 0 Å². The van der Waals surface area contributed by atoms with Gasteiger partial charge >= 0.3 is 0 Å². The van der Waals surface area contributed by atoms with E-state index in [9.17, 15) is 9.18 Å². The first kappa shape index (κ1) is 22.0. The van der Waals surface area contributed by atoms with E-state index in [1.807, 2.05) is 17.9 Å². The van der Waals surface area contributed by atoms with E-state index in [4.69, 9.17) is 4.52 Å². The number of amides is 1. The van der Waals surface area contributed by atoms with Crippen LogP contribution in [0.1, 0.15) is 57.5 Å². The number of likely N-dealkylation sites (tertiary alicyclic amines) is 2. The number of halogens is 1. The Morgan fingerprint density at radius 1 is 1.21 bits per heavy atom. The summed E-state index contributed by atoms with van der Waals surface area (Å²) in [6.45, 7) is 9.51. The van der Waals surface area contributed by atoms with Gasteiger partial charge in [0.1, 0.15) is 11.3 Å². The number of carbonyl (C=O) groups excluding carboxylic acids is 1. The summed E-state index contributed by atoms with van der Waals surface area (Å²) in [5.74, 6) is 1.36. The molecule has 0 saturated carbocycles. The average Bonchev–Trinajstić information content (AvgIpc) is 3.45. The van der Waals surface area contributed by atoms with Gasteiger partial charge in [-0.25, -0.2) is 4.39 Å². The smallest absolute Gasteiger partial charge is 0.291 e. The van der Waals surface area contributed by atoms with Crippen molar-refractivity contribution in [2.24, 2.45) is 5.92 Å². The Morgan fingerprint density at radius 3 is 2.70 bits per heavy atom. The number of aryl methyl sites for hydroxylation is 1. The largest absolute Gasteiger partial charge is 0.343 e. The summed E-state index contributed by atoms with van der Waals surface area (Å²) in [4.78, 5) is 20.8. The number of aromatic nitrogens is 4. The highest BCUT2D eigenvalue weighted by atomic mass is 19.1. The first-order chi connectivity index (χ1) is 16.0. The van der Waals surface area contributed by atoms with Gasteiger partial charge < -0.3 is 9.42 Å². The van der Waals surface area contributed by atoms with Gasteiger partial charge in [0.05, 0.1) is 5.69 Å². The monoisotopic (exact) mass is 454 g/mol. The fourth-order valence-corrected chi connectivity index (χ4v) is 5.51. The van der Waals surface area contributed by atoms with Crippen molar-refractivity contribution in [3.63, 3.8) is 0 Å². The van der Waals surface area contributed by atoms with Crippen LogP contribution in [0.15, 0.2) is 22.7 Å². The third kappa shape index (κ3) is 4.03. The Bertz CT molecular complexity index is 1150. The van der Waals surface area contributed by atoms with Crippen LogP contribution in [0.3, 0.4) is 0 Å². The number of para-hydroxylation sites is 1. The zero-order valence-corrected chi connectivity index (χ0v) is 19.5. The number of nitrogens with zero attached hydrogens (tertiary/aromatic N) is 6. The molecule has 2 atom stereocenters. The van der Waals surface area contributed by atoms with Crippen LogP contribution in [0.2, 0.25) is 0 Å². The highest BCUT2D eigenvalue weighted by Crippen LogP contribution is 2.32. The summed E-state index contributed by atoms with van der Waals surface area (Å²) in [5, 5.41) is 9.48. The van der Waals surface area contributed by atoms with E-state index in [0.29, 0.717) is 29.8 Å². The highest BCUT2D eigenvalue weighted by Gasteiger charge is 2.35. The summed E-state index contributed by atoms with van der Waals surface area (Å²) in [6, 6.07) is 5.51. The van der Waals surface area contributed by atoms with Gasteiger partial charge in [-0.2, -0.15) is 14.8 Å². The molecule has 2 saturated heterocycles. The standard InChI is InChI=1S/C24H31FN6O2/c1-4-20-18-6-5-7-19(25)22(18)31(27-20)24-26-23(33-28-24)17-8-11-29(12-9-17)21-10-13-30(16(3)32)14-15(21)2/h5-7,15,17,21H,4,8-14H2,1-3H3. The zero-order chi connectivity index (χ0) is 23.1. The normalized spacial score (nSPS) is 22.8. The van der Waals surface area contributed by atoms with Gasteiger partial charge in [0.2, 0.25) is 11.8 Å². The fraction of sp³-hybridized carbons (Fsp3) is 0.583.